The topological polar surface area (TPSA) is 68.3 Å². The molecule has 7 heteroatoms. The van der Waals surface area contributed by atoms with Gasteiger partial charge in [-0.3, -0.25) is 0 Å². The molecule has 0 aliphatic heterocycles. The first-order valence-electron chi connectivity index (χ1n) is 8.09. The Morgan fingerprint density at radius 1 is 0.962 bits per heavy atom. The molecule has 1 heterocycles. The molecule has 3 rings (SSSR count). The van der Waals surface area contributed by atoms with Gasteiger partial charge in [-0.25, -0.2) is 9.37 Å². The molecule has 0 saturated heterocycles. The SMILES string of the molecule is COc1ccc(OCCNc2nccc(Nc3ccc(F)cc3)n2)cc1. The van der Waals surface area contributed by atoms with Crippen LogP contribution < -0.4 is 20.1 Å². The van der Waals surface area contributed by atoms with Crippen molar-refractivity contribution >= 4 is 17.5 Å². The van der Waals surface area contributed by atoms with Crippen molar-refractivity contribution in [3.8, 4) is 11.5 Å². The lowest BCUT2D eigenvalue weighted by molar-refractivity contribution is 0.331. The van der Waals surface area contributed by atoms with E-state index >= 15 is 0 Å². The molecule has 0 spiro atoms. The highest BCUT2D eigenvalue weighted by atomic mass is 19.1. The Kier molecular flexibility index (Phi) is 5.82. The van der Waals surface area contributed by atoms with Crippen molar-refractivity contribution in [1.82, 2.24) is 9.97 Å². The maximum atomic E-state index is 12.9. The second-order valence-corrected chi connectivity index (χ2v) is 5.35. The summed E-state index contributed by atoms with van der Waals surface area (Å²) in [5.41, 5.74) is 0.749. The van der Waals surface area contributed by atoms with Crippen molar-refractivity contribution < 1.29 is 13.9 Å². The number of rotatable bonds is 8. The van der Waals surface area contributed by atoms with Crippen molar-refractivity contribution in [3.63, 3.8) is 0 Å². The Bertz CT molecular complexity index is 826. The van der Waals surface area contributed by atoms with Crippen LogP contribution in [0.2, 0.25) is 0 Å². The van der Waals surface area contributed by atoms with Crippen LogP contribution in [0.5, 0.6) is 11.5 Å². The van der Waals surface area contributed by atoms with Gasteiger partial charge in [0.25, 0.3) is 0 Å². The van der Waals surface area contributed by atoms with Crippen molar-refractivity contribution in [2.75, 3.05) is 30.9 Å². The van der Waals surface area contributed by atoms with Crippen LogP contribution in [-0.4, -0.2) is 30.2 Å². The van der Waals surface area contributed by atoms with Crippen molar-refractivity contribution in [2.24, 2.45) is 0 Å². The highest BCUT2D eigenvalue weighted by Gasteiger charge is 2.01. The van der Waals surface area contributed by atoms with E-state index in [0.29, 0.717) is 24.9 Å². The number of hydrogen-bond acceptors (Lipinski definition) is 6. The Labute approximate surface area is 151 Å². The minimum atomic E-state index is -0.280. The number of benzene rings is 2. The first kappa shape index (κ1) is 17.5. The molecule has 0 unspecified atom stereocenters. The number of hydrogen-bond donors (Lipinski definition) is 2. The lowest BCUT2D eigenvalue weighted by Gasteiger charge is -2.10. The minimum absolute atomic E-state index is 0.280. The Morgan fingerprint density at radius 3 is 2.42 bits per heavy atom. The molecule has 26 heavy (non-hydrogen) atoms. The van der Waals surface area contributed by atoms with E-state index in [2.05, 4.69) is 20.6 Å². The van der Waals surface area contributed by atoms with Crippen molar-refractivity contribution in [2.45, 2.75) is 0 Å². The number of halogens is 1. The van der Waals surface area contributed by atoms with Crippen LogP contribution in [0, 0.1) is 5.82 Å². The molecule has 3 aromatic rings. The van der Waals surface area contributed by atoms with E-state index in [4.69, 9.17) is 9.47 Å². The zero-order valence-corrected chi connectivity index (χ0v) is 14.3. The van der Waals surface area contributed by atoms with E-state index in [1.807, 2.05) is 24.3 Å². The first-order chi connectivity index (χ1) is 12.7. The van der Waals surface area contributed by atoms with E-state index in [0.717, 1.165) is 17.2 Å². The number of anilines is 3. The normalized spacial score (nSPS) is 10.2. The number of nitrogens with one attached hydrogen (secondary N) is 2. The summed E-state index contributed by atoms with van der Waals surface area (Å²) in [6, 6.07) is 15.2. The summed E-state index contributed by atoms with van der Waals surface area (Å²) in [6.07, 6.45) is 1.64. The van der Waals surface area contributed by atoms with Crippen LogP contribution in [0.15, 0.2) is 60.8 Å². The summed E-state index contributed by atoms with van der Waals surface area (Å²) >= 11 is 0. The van der Waals surface area contributed by atoms with Crippen LogP contribution in [0.4, 0.5) is 21.8 Å². The summed E-state index contributed by atoms with van der Waals surface area (Å²) in [7, 11) is 1.62. The Morgan fingerprint density at radius 2 is 1.69 bits per heavy atom. The molecule has 0 amide bonds. The molecule has 2 N–H and O–H groups in total. The Hall–Kier alpha value is -3.35. The monoisotopic (exact) mass is 354 g/mol. The maximum Gasteiger partial charge on any atom is 0.224 e. The van der Waals surface area contributed by atoms with Gasteiger partial charge < -0.3 is 20.1 Å². The maximum absolute atomic E-state index is 12.9. The highest BCUT2D eigenvalue weighted by molar-refractivity contribution is 5.56. The molecule has 2 aromatic carbocycles. The average Bonchev–Trinajstić information content (AvgIpc) is 2.68. The molecule has 0 saturated carbocycles. The average molecular weight is 354 g/mol. The fraction of sp³-hybridized carbons (Fsp3) is 0.158. The van der Waals surface area contributed by atoms with Gasteiger partial charge >= 0.3 is 0 Å². The van der Waals surface area contributed by atoms with Gasteiger partial charge in [0.2, 0.25) is 5.95 Å². The lowest BCUT2D eigenvalue weighted by Crippen LogP contribution is -2.13. The van der Waals surface area contributed by atoms with E-state index < -0.39 is 0 Å². The number of methoxy groups -OCH3 is 1. The van der Waals surface area contributed by atoms with Crippen LogP contribution in [-0.2, 0) is 0 Å². The third-order valence-corrected chi connectivity index (χ3v) is 3.49. The van der Waals surface area contributed by atoms with Gasteiger partial charge in [-0.2, -0.15) is 4.98 Å². The zero-order chi connectivity index (χ0) is 18.2. The van der Waals surface area contributed by atoms with Crippen molar-refractivity contribution in [1.29, 1.82) is 0 Å². The van der Waals surface area contributed by atoms with E-state index in [9.17, 15) is 4.39 Å². The predicted molar refractivity (Wildman–Crippen MR) is 98.7 cm³/mol. The third-order valence-electron chi connectivity index (χ3n) is 3.49. The zero-order valence-electron chi connectivity index (χ0n) is 14.3. The molecular formula is C19H19FN4O2. The molecule has 0 bridgehead atoms. The number of nitrogens with zero attached hydrogens (tertiary/aromatic N) is 2. The molecule has 1 aromatic heterocycles. The second kappa shape index (κ2) is 8.66. The smallest absolute Gasteiger partial charge is 0.224 e. The minimum Gasteiger partial charge on any atom is -0.497 e. The highest BCUT2D eigenvalue weighted by Crippen LogP contribution is 2.17. The summed E-state index contributed by atoms with van der Waals surface area (Å²) < 4.78 is 23.7. The lowest BCUT2D eigenvalue weighted by atomic mass is 10.3. The molecule has 0 fully saturated rings. The van der Waals surface area contributed by atoms with Crippen LogP contribution >= 0.6 is 0 Å². The fourth-order valence-electron chi connectivity index (χ4n) is 2.20. The van der Waals surface area contributed by atoms with Gasteiger partial charge in [-0.1, -0.05) is 0 Å². The summed E-state index contributed by atoms with van der Waals surface area (Å²) in [5, 5.41) is 6.20. The first-order valence-corrected chi connectivity index (χ1v) is 8.09. The Balaban J connectivity index is 1.48. The molecule has 0 atom stereocenters. The van der Waals surface area contributed by atoms with E-state index in [1.54, 1.807) is 31.5 Å². The third kappa shape index (κ3) is 5.07. The van der Waals surface area contributed by atoms with Gasteiger partial charge in [0.1, 0.15) is 29.7 Å². The standard InChI is InChI=1S/C19H19FN4O2/c1-25-16-6-8-17(9-7-16)26-13-12-22-19-21-11-10-18(24-19)23-15-4-2-14(20)3-5-15/h2-11H,12-13H2,1H3,(H2,21,22,23,24). The number of ether oxygens (including phenoxy) is 2. The van der Waals surface area contributed by atoms with Crippen LogP contribution in [0.3, 0.4) is 0 Å². The van der Waals surface area contributed by atoms with Gasteiger partial charge in [-0.15, -0.1) is 0 Å². The van der Waals surface area contributed by atoms with Crippen molar-refractivity contribution in [3.05, 3.63) is 66.6 Å². The quantitative estimate of drug-likeness (QED) is 0.599. The van der Waals surface area contributed by atoms with E-state index in [1.165, 1.54) is 12.1 Å². The molecule has 6 nitrogen and oxygen atoms in total. The molecule has 134 valence electrons. The fourth-order valence-corrected chi connectivity index (χ4v) is 2.20. The van der Waals surface area contributed by atoms with Crippen LogP contribution in [0.1, 0.15) is 0 Å². The molecule has 0 aliphatic carbocycles. The summed E-state index contributed by atoms with van der Waals surface area (Å²) in [6.45, 7) is 1.01. The number of aromatic nitrogens is 2. The summed E-state index contributed by atoms with van der Waals surface area (Å²) in [5.74, 6) is 2.37. The van der Waals surface area contributed by atoms with Gasteiger partial charge in [0, 0.05) is 11.9 Å². The van der Waals surface area contributed by atoms with Crippen LogP contribution in [0.25, 0.3) is 0 Å². The molecule has 0 aliphatic rings. The van der Waals surface area contributed by atoms with Gasteiger partial charge in [0.15, 0.2) is 0 Å². The largest absolute Gasteiger partial charge is 0.497 e. The second-order valence-electron chi connectivity index (χ2n) is 5.35. The van der Waals surface area contributed by atoms with Gasteiger partial charge in [-0.05, 0) is 54.6 Å². The van der Waals surface area contributed by atoms with Gasteiger partial charge in [0.05, 0.1) is 13.7 Å². The predicted octanol–water partition coefficient (Wildman–Crippen LogP) is 3.86. The molecular weight excluding hydrogens is 335 g/mol. The summed E-state index contributed by atoms with van der Waals surface area (Å²) in [4.78, 5) is 8.53. The van der Waals surface area contributed by atoms with E-state index in [-0.39, 0.29) is 5.82 Å². The molecule has 0 radical (unpaired) electrons.